The van der Waals surface area contributed by atoms with Crippen LogP contribution in [-0.2, 0) is 14.3 Å². The quantitative estimate of drug-likeness (QED) is 0.566. The summed E-state index contributed by atoms with van der Waals surface area (Å²) in [5.41, 5.74) is 1.07. The lowest BCUT2D eigenvalue weighted by Crippen LogP contribution is -2.35. The Morgan fingerprint density at radius 1 is 1.14 bits per heavy atom. The third-order valence-corrected chi connectivity index (χ3v) is 4.53. The first-order valence-electron chi connectivity index (χ1n) is 9.11. The summed E-state index contributed by atoms with van der Waals surface area (Å²) in [6.45, 7) is 1.95. The van der Waals surface area contributed by atoms with E-state index in [2.05, 4.69) is 5.32 Å². The lowest BCUT2D eigenvalue weighted by atomic mass is 10.1. The minimum absolute atomic E-state index is 0.0504. The van der Waals surface area contributed by atoms with Crippen LogP contribution in [0.5, 0.6) is 11.5 Å². The number of methoxy groups -OCH3 is 2. The molecule has 0 spiro atoms. The fraction of sp³-hybridized carbons (Fsp3) is 0.286. The van der Waals surface area contributed by atoms with Gasteiger partial charge in [0.05, 0.1) is 38.5 Å². The van der Waals surface area contributed by atoms with Gasteiger partial charge in [-0.05, 0) is 31.2 Å². The number of nitrogens with one attached hydrogen (secondary N) is 1. The predicted octanol–water partition coefficient (Wildman–Crippen LogP) is 2.62. The van der Waals surface area contributed by atoms with Gasteiger partial charge in [0.1, 0.15) is 17.5 Å². The fourth-order valence-corrected chi connectivity index (χ4v) is 3.15. The van der Waals surface area contributed by atoms with E-state index in [0.29, 0.717) is 28.4 Å². The number of hydrogen-bond acceptors (Lipinski definition) is 7. The maximum absolute atomic E-state index is 13.0. The molecule has 8 nitrogen and oxygen atoms in total. The van der Waals surface area contributed by atoms with Crippen molar-refractivity contribution in [3.05, 3.63) is 48.0 Å². The molecule has 0 aromatic heterocycles. The van der Waals surface area contributed by atoms with Crippen molar-refractivity contribution in [1.82, 2.24) is 0 Å². The van der Waals surface area contributed by atoms with Gasteiger partial charge in [-0.3, -0.25) is 9.59 Å². The van der Waals surface area contributed by atoms with E-state index in [1.165, 1.54) is 14.2 Å². The second kappa shape index (κ2) is 8.64. The average Bonchev–Trinajstić information content (AvgIpc) is 3.01. The Kier molecular flexibility index (Phi) is 6.01. The van der Waals surface area contributed by atoms with Crippen molar-refractivity contribution in [2.75, 3.05) is 31.0 Å². The van der Waals surface area contributed by atoms with Crippen LogP contribution in [0.4, 0.5) is 11.4 Å². The Morgan fingerprint density at radius 2 is 1.90 bits per heavy atom. The molecule has 1 atom stereocenters. The summed E-state index contributed by atoms with van der Waals surface area (Å²) in [4.78, 5) is 38.9. The highest BCUT2D eigenvalue weighted by Crippen LogP contribution is 2.35. The van der Waals surface area contributed by atoms with Gasteiger partial charge in [-0.15, -0.1) is 0 Å². The number of amides is 2. The predicted molar refractivity (Wildman–Crippen MR) is 106 cm³/mol. The van der Waals surface area contributed by atoms with E-state index in [9.17, 15) is 14.4 Å². The van der Waals surface area contributed by atoms with E-state index in [-0.39, 0.29) is 18.9 Å². The summed E-state index contributed by atoms with van der Waals surface area (Å²) in [6.07, 6.45) is -0.0504. The van der Waals surface area contributed by atoms with Crippen LogP contribution in [0.3, 0.4) is 0 Å². The molecule has 29 heavy (non-hydrogen) atoms. The summed E-state index contributed by atoms with van der Waals surface area (Å²) in [5.74, 6) is -0.413. The lowest BCUT2D eigenvalue weighted by molar-refractivity contribution is -0.121. The number of anilines is 2. The second-order valence-electron chi connectivity index (χ2n) is 6.27. The van der Waals surface area contributed by atoms with Gasteiger partial charge in [-0.2, -0.15) is 0 Å². The van der Waals surface area contributed by atoms with Crippen LogP contribution < -0.4 is 19.7 Å². The van der Waals surface area contributed by atoms with E-state index in [1.807, 2.05) is 0 Å². The molecule has 8 heteroatoms. The Morgan fingerprint density at radius 3 is 2.59 bits per heavy atom. The van der Waals surface area contributed by atoms with Crippen molar-refractivity contribution in [3.8, 4) is 11.5 Å². The number of carbonyl (C=O) groups excluding carboxylic acids is 3. The van der Waals surface area contributed by atoms with Crippen LogP contribution in [0.25, 0.3) is 0 Å². The van der Waals surface area contributed by atoms with E-state index in [4.69, 9.17) is 14.2 Å². The monoisotopic (exact) mass is 398 g/mol. The summed E-state index contributed by atoms with van der Waals surface area (Å²) >= 11 is 0. The molecule has 3 rings (SSSR count). The molecular formula is C21H22N2O6. The van der Waals surface area contributed by atoms with Crippen LogP contribution >= 0.6 is 0 Å². The number of ether oxygens (including phenoxy) is 3. The number of esters is 1. The maximum atomic E-state index is 13.0. The minimum atomic E-state index is -0.815. The standard InChI is InChI=1S/C21H22N2O6/c1-4-29-21(26)14-7-5-6-8-15(14)22-16-12-19(24)23(20(16)25)17-10-9-13(27-2)11-18(17)28-3/h5-11,16,22H,4,12H2,1-3H3. The van der Waals surface area contributed by atoms with E-state index >= 15 is 0 Å². The van der Waals surface area contributed by atoms with Gasteiger partial charge < -0.3 is 19.5 Å². The summed E-state index contributed by atoms with van der Waals surface area (Å²) < 4.78 is 15.5. The Balaban J connectivity index is 1.87. The molecule has 0 saturated carbocycles. The molecule has 1 aliphatic heterocycles. The van der Waals surface area contributed by atoms with Crippen molar-refractivity contribution in [2.45, 2.75) is 19.4 Å². The van der Waals surface area contributed by atoms with Crippen molar-refractivity contribution in [3.63, 3.8) is 0 Å². The number of rotatable bonds is 7. The summed E-state index contributed by atoms with van der Waals surface area (Å²) in [7, 11) is 2.97. The number of para-hydroxylation sites is 1. The van der Waals surface area contributed by atoms with Crippen molar-refractivity contribution in [1.29, 1.82) is 0 Å². The average molecular weight is 398 g/mol. The first-order chi connectivity index (χ1) is 14.0. The molecular weight excluding hydrogens is 376 g/mol. The van der Waals surface area contributed by atoms with Gasteiger partial charge in [-0.25, -0.2) is 9.69 Å². The molecule has 152 valence electrons. The Labute approximate surface area is 168 Å². The van der Waals surface area contributed by atoms with Crippen molar-refractivity contribution >= 4 is 29.2 Å². The number of nitrogens with zero attached hydrogens (tertiary/aromatic N) is 1. The maximum Gasteiger partial charge on any atom is 0.340 e. The van der Waals surface area contributed by atoms with Crippen LogP contribution in [0.1, 0.15) is 23.7 Å². The highest BCUT2D eigenvalue weighted by atomic mass is 16.5. The summed E-state index contributed by atoms with van der Waals surface area (Å²) in [6, 6.07) is 10.7. The van der Waals surface area contributed by atoms with E-state index < -0.39 is 17.9 Å². The number of hydrogen-bond donors (Lipinski definition) is 1. The third kappa shape index (κ3) is 4.01. The van der Waals surface area contributed by atoms with Gasteiger partial charge in [-0.1, -0.05) is 12.1 Å². The number of imide groups is 1. The van der Waals surface area contributed by atoms with E-state index in [0.717, 1.165) is 4.90 Å². The number of benzene rings is 2. The van der Waals surface area contributed by atoms with Crippen LogP contribution in [0.2, 0.25) is 0 Å². The van der Waals surface area contributed by atoms with Crippen LogP contribution in [0, 0.1) is 0 Å². The molecule has 1 aliphatic rings. The molecule has 1 heterocycles. The molecule has 1 saturated heterocycles. The van der Waals surface area contributed by atoms with Crippen molar-refractivity contribution in [2.24, 2.45) is 0 Å². The van der Waals surface area contributed by atoms with Crippen LogP contribution in [0.15, 0.2) is 42.5 Å². The smallest absolute Gasteiger partial charge is 0.340 e. The van der Waals surface area contributed by atoms with Gasteiger partial charge in [0, 0.05) is 11.8 Å². The first kappa shape index (κ1) is 20.2. The Hall–Kier alpha value is -3.55. The third-order valence-electron chi connectivity index (χ3n) is 4.53. The molecule has 2 amide bonds. The zero-order chi connectivity index (χ0) is 21.0. The van der Waals surface area contributed by atoms with Gasteiger partial charge in [0.15, 0.2) is 0 Å². The largest absolute Gasteiger partial charge is 0.497 e. The van der Waals surface area contributed by atoms with Gasteiger partial charge >= 0.3 is 5.97 Å². The second-order valence-corrected chi connectivity index (χ2v) is 6.27. The molecule has 0 radical (unpaired) electrons. The van der Waals surface area contributed by atoms with E-state index in [1.54, 1.807) is 49.4 Å². The molecule has 2 aromatic rings. The zero-order valence-electron chi connectivity index (χ0n) is 16.4. The summed E-state index contributed by atoms with van der Waals surface area (Å²) in [5, 5.41) is 3.01. The van der Waals surface area contributed by atoms with Gasteiger partial charge in [0.25, 0.3) is 5.91 Å². The van der Waals surface area contributed by atoms with Crippen LogP contribution in [-0.4, -0.2) is 44.7 Å². The lowest BCUT2D eigenvalue weighted by Gasteiger charge is -2.19. The van der Waals surface area contributed by atoms with Crippen molar-refractivity contribution < 1.29 is 28.6 Å². The highest BCUT2D eigenvalue weighted by Gasteiger charge is 2.41. The number of carbonyl (C=O) groups is 3. The molecule has 1 fully saturated rings. The molecule has 1 N–H and O–H groups in total. The normalized spacial score (nSPS) is 16.0. The molecule has 0 bridgehead atoms. The molecule has 2 aromatic carbocycles. The zero-order valence-corrected chi connectivity index (χ0v) is 16.4. The SMILES string of the molecule is CCOC(=O)c1ccccc1NC1CC(=O)N(c2ccc(OC)cc2OC)C1=O. The molecule has 0 aliphatic carbocycles. The Bertz CT molecular complexity index is 943. The van der Waals surface area contributed by atoms with Gasteiger partial charge in [0.2, 0.25) is 5.91 Å². The first-order valence-corrected chi connectivity index (χ1v) is 9.11. The highest BCUT2D eigenvalue weighted by molar-refractivity contribution is 6.24. The molecule has 1 unspecified atom stereocenters. The minimum Gasteiger partial charge on any atom is -0.497 e. The fourth-order valence-electron chi connectivity index (χ4n) is 3.15. The topological polar surface area (TPSA) is 94.2 Å².